The van der Waals surface area contributed by atoms with Crippen molar-refractivity contribution in [2.75, 3.05) is 0 Å². The van der Waals surface area contributed by atoms with Gasteiger partial charge in [-0.05, 0) is 131 Å². The van der Waals surface area contributed by atoms with Crippen LogP contribution in [0.25, 0.3) is 27.8 Å². The van der Waals surface area contributed by atoms with Crippen LogP contribution in [0.4, 0.5) is 5.69 Å². The summed E-state index contributed by atoms with van der Waals surface area (Å²) in [7, 11) is 0. The van der Waals surface area contributed by atoms with E-state index in [4.69, 9.17) is 4.99 Å². The number of rotatable bonds is 12. The van der Waals surface area contributed by atoms with Gasteiger partial charge in [-0.3, -0.25) is 4.99 Å². The molecule has 1 atom stereocenters. The smallest absolute Gasteiger partial charge is 0.0630 e. The lowest BCUT2D eigenvalue weighted by molar-refractivity contribution is 0.740. The highest BCUT2D eigenvalue weighted by molar-refractivity contribution is 5.84. The highest BCUT2D eigenvalue weighted by Gasteiger charge is 2.19. The molecule has 1 aliphatic carbocycles. The lowest BCUT2D eigenvalue weighted by Crippen LogP contribution is -2.07. The van der Waals surface area contributed by atoms with Gasteiger partial charge in [0.25, 0.3) is 0 Å². The van der Waals surface area contributed by atoms with Crippen molar-refractivity contribution in [3.05, 3.63) is 179 Å². The average molecular weight is 628 g/mol. The number of aryl methyl sites for hydroxylation is 1. The SMILES string of the molecule is C/C=C\C(=C/C=Nc1ccc(-c2ccc(C)c(C3=C(CCC)C=CCC3C)c2)cc1)C/C=C(\C=C(/C)c1ccccc1)c1ccccc1. The summed E-state index contributed by atoms with van der Waals surface area (Å²) in [5, 5.41) is 0. The lowest BCUT2D eigenvalue weighted by Gasteiger charge is -2.25. The second-order valence-electron chi connectivity index (χ2n) is 12.7. The Bertz CT molecular complexity index is 1870. The van der Waals surface area contributed by atoms with E-state index in [1.807, 2.05) is 6.21 Å². The lowest BCUT2D eigenvalue weighted by atomic mass is 9.80. The van der Waals surface area contributed by atoms with E-state index in [1.165, 1.54) is 67.7 Å². The number of aliphatic imine (C=N–C) groups is 1. The average Bonchev–Trinajstić information content (AvgIpc) is 3.11. The van der Waals surface area contributed by atoms with Crippen LogP contribution in [0.5, 0.6) is 0 Å². The third-order valence-corrected chi connectivity index (χ3v) is 9.05. The van der Waals surface area contributed by atoms with E-state index in [1.54, 1.807) is 0 Å². The number of benzene rings is 4. The van der Waals surface area contributed by atoms with Crippen molar-refractivity contribution in [3.8, 4) is 11.1 Å². The summed E-state index contributed by atoms with van der Waals surface area (Å²) in [5.74, 6) is 0.540. The molecule has 0 spiro atoms. The Kier molecular flexibility index (Phi) is 12.3. The molecule has 0 aliphatic heterocycles. The van der Waals surface area contributed by atoms with Gasteiger partial charge in [0.1, 0.15) is 0 Å². The third kappa shape index (κ3) is 9.07. The van der Waals surface area contributed by atoms with E-state index in [2.05, 4.69) is 180 Å². The fourth-order valence-electron chi connectivity index (χ4n) is 6.46. The number of hydrogen-bond donors (Lipinski definition) is 0. The minimum atomic E-state index is 0.540. The molecule has 242 valence electrons. The maximum absolute atomic E-state index is 4.80. The molecule has 1 heteroatoms. The number of nitrogens with zero attached hydrogens (tertiary/aromatic N) is 1. The Morgan fingerprint density at radius 1 is 0.854 bits per heavy atom. The van der Waals surface area contributed by atoms with Crippen molar-refractivity contribution in [3.63, 3.8) is 0 Å². The molecular weight excluding hydrogens is 579 g/mol. The summed E-state index contributed by atoms with van der Waals surface area (Å²) in [5.41, 5.74) is 15.3. The van der Waals surface area contributed by atoms with Gasteiger partial charge in [-0.1, -0.05) is 142 Å². The van der Waals surface area contributed by atoms with E-state index in [9.17, 15) is 0 Å². The van der Waals surface area contributed by atoms with Gasteiger partial charge in [0.15, 0.2) is 0 Å². The van der Waals surface area contributed by atoms with Crippen LogP contribution in [0.15, 0.2) is 162 Å². The Morgan fingerprint density at radius 2 is 1.54 bits per heavy atom. The first-order valence-corrected chi connectivity index (χ1v) is 17.4. The Balaban J connectivity index is 1.35. The summed E-state index contributed by atoms with van der Waals surface area (Å²) < 4.78 is 0. The molecule has 5 rings (SSSR count). The molecule has 0 saturated carbocycles. The maximum atomic E-state index is 4.80. The highest BCUT2D eigenvalue weighted by Crippen LogP contribution is 2.38. The molecule has 0 heterocycles. The zero-order valence-electron chi connectivity index (χ0n) is 29.3. The van der Waals surface area contributed by atoms with Crippen molar-refractivity contribution in [1.29, 1.82) is 0 Å². The molecule has 4 aromatic carbocycles. The number of hydrogen-bond acceptors (Lipinski definition) is 1. The summed E-state index contributed by atoms with van der Waals surface area (Å²) in [4.78, 5) is 4.80. The van der Waals surface area contributed by atoms with E-state index in [0.717, 1.165) is 24.9 Å². The molecule has 1 aliphatic rings. The second kappa shape index (κ2) is 17.2. The number of allylic oxidation sites excluding steroid dienone is 12. The van der Waals surface area contributed by atoms with Crippen LogP contribution in [0, 0.1) is 12.8 Å². The van der Waals surface area contributed by atoms with E-state index in [0.29, 0.717) is 5.92 Å². The van der Waals surface area contributed by atoms with Crippen molar-refractivity contribution < 1.29 is 0 Å². The zero-order valence-corrected chi connectivity index (χ0v) is 29.3. The van der Waals surface area contributed by atoms with Crippen LogP contribution in [-0.4, -0.2) is 6.21 Å². The molecule has 0 radical (unpaired) electrons. The topological polar surface area (TPSA) is 12.4 Å². The molecule has 0 saturated heterocycles. The van der Waals surface area contributed by atoms with Gasteiger partial charge in [0.2, 0.25) is 0 Å². The quantitative estimate of drug-likeness (QED) is 0.109. The standard InChI is InChI=1S/C47H49N/c1-6-15-38(24-26-43(40-20-12-9-13-21-40)33-37(5)39-18-10-8-11-19-39)31-32-48-45-29-27-41(28-30-45)44-25-23-35(3)46(34-44)47-36(4)17-14-22-42(47)16-7-2/h6,8-15,18-23,25-34,36H,7,16-17,24H2,1-5H3/b15-6-,37-33+,38-31+,43-26+,48-32?. The summed E-state index contributed by atoms with van der Waals surface area (Å²) in [6.45, 7) is 11.1. The molecule has 4 aromatic rings. The normalized spacial score (nSPS) is 16.0. The van der Waals surface area contributed by atoms with Crippen molar-refractivity contribution in [2.45, 2.75) is 60.3 Å². The van der Waals surface area contributed by atoms with Crippen LogP contribution >= 0.6 is 0 Å². The molecule has 1 nitrogen and oxygen atoms in total. The first kappa shape index (κ1) is 34.3. The molecule has 0 bridgehead atoms. The van der Waals surface area contributed by atoms with Gasteiger partial charge >= 0.3 is 0 Å². The molecule has 0 amide bonds. The largest absolute Gasteiger partial charge is 0.257 e. The van der Waals surface area contributed by atoms with E-state index in [-0.39, 0.29) is 0 Å². The maximum Gasteiger partial charge on any atom is 0.0630 e. The third-order valence-electron chi connectivity index (χ3n) is 9.05. The minimum Gasteiger partial charge on any atom is -0.257 e. The molecule has 1 unspecified atom stereocenters. The van der Waals surface area contributed by atoms with E-state index < -0.39 is 0 Å². The first-order chi connectivity index (χ1) is 23.5. The van der Waals surface area contributed by atoms with Gasteiger partial charge in [-0.2, -0.15) is 0 Å². The Hall–Kier alpha value is -5.01. The van der Waals surface area contributed by atoms with Gasteiger partial charge in [-0.25, -0.2) is 0 Å². The second-order valence-corrected chi connectivity index (χ2v) is 12.7. The monoisotopic (exact) mass is 627 g/mol. The van der Waals surface area contributed by atoms with Gasteiger partial charge in [0.05, 0.1) is 5.69 Å². The van der Waals surface area contributed by atoms with Crippen LogP contribution in [0.3, 0.4) is 0 Å². The van der Waals surface area contributed by atoms with Gasteiger partial charge in [0, 0.05) is 6.21 Å². The first-order valence-electron chi connectivity index (χ1n) is 17.4. The highest BCUT2D eigenvalue weighted by atomic mass is 14.7. The fraction of sp³-hybridized carbons (Fsp3) is 0.213. The van der Waals surface area contributed by atoms with Crippen LogP contribution in [0.2, 0.25) is 0 Å². The van der Waals surface area contributed by atoms with Crippen molar-refractivity contribution in [1.82, 2.24) is 0 Å². The molecular formula is C47H49N. The minimum absolute atomic E-state index is 0.540. The van der Waals surface area contributed by atoms with Crippen LogP contribution in [-0.2, 0) is 0 Å². The van der Waals surface area contributed by atoms with Crippen LogP contribution in [0.1, 0.15) is 75.6 Å². The Morgan fingerprint density at radius 3 is 2.23 bits per heavy atom. The summed E-state index contributed by atoms with van der Waals surface area (Å²) in [6, 6.07) is 36.7. The van der Waals surface area contributed by atoms with Crippen molar-refractivity contribution in [2.24, 2.45) is 10.9 Å². The molecule has 0 fully saturated rings. The summed E-state index contributed by atoms with van der Waals surface area (Å²) >= 11 is 0. The van der Waals surface area contributed by atoms with E-state index >= 15 is 0 Å². The molecule has 0 aromatic heterocycles. The van der Waals surface area contributed by atoms with Crippen LogP contribution < -0.4 is 0 Å². The molecule has 48 heavy (non-hydrogen) atoms. The molecule has 0 N–H and O–H groups in total. The predicted octanol–water partition coefficient (Wildman–Crippen LogP) is 13.6. The van der Waals surface area contributed by atoms with Gasteiger partial charge in [-0.15, -0.1) is 0 Å². The predicted molar refractivity (Wildman–Crippen MR) is 212 cm³/mol. The zero-order chi connectivity index (χ0) is 33.7. The van der Waals surface area contributed by atoms with Crippen molar-refractivity contribution >= 4 is 28.6 Å². The van der Waals surface area contributed by atoms with Gasteiger partial charge < -0.3 is 0 Å². The Labute approximate surface area is 289 Å². The summed E-state index contributed by atoms with van der Waals surface area (Å²) in [6.07, 6.45) is 21.8. The fourth-order valence-corrected chi connectivity index (χ4v) is 6.46.